The summed E-state index contributed by atoms with van der Waals surface area (Å²) in [5.41, 5.74) is 0.850. The fourth-order valence-corrected chi connectivity index (χ4v) is 1.66. The van der Waals surface area contributed by atoms with E-state index in [0.29, 0.717) is 0 Å². The summed E-state index contributed by atoms with van der Waals surface area (Å²) in [7, 11) is 0. The molecule has 2 rings (SSSR count). The summed E-state index contributed by atoms with van der Waals surface area (Å²) >= 11 is 6.39. The molecule has 4 heteroatoms. The molecule has 0 amide bonds. The maximum atomic E-state index is 5.01. The van der Waals surface area contributed by atoms with Gasteiger partial charge >= 0.3 is 0 Å². The highest BCUT2D eigenvalue weighted by Crippen LogP contribution is 2.21. The molecule has 1 radical (unpaired) electrons. The molecular formula is C6H3N2S2. The summed E-state index contributed by atoms with van der Waals surface area (Å²) in [4.78, 5) is 0.784. The molecule has 0 aliphatic heterocycles. The number of benzene rings is 1. The molecule has 49 valence electrons. The van der Waals surface area contributed by atoms with Crippen molar-refractivity contribution in [2.45, 2.75) is 4.90 Å². The van der Waals surface area contributed by atoms with Crippen LogP contribution in [0.3, 0.4) is 0 Å². The van der Waals surface area contributed by atoms with Gasteiger partial charge in [0.15, 0.2) is 0 Å². The Morgan fingerprint density at radius 3 is 3.10 bits per heavy atom. The van der Waals surface area contributed by atoms with E-state index >= 15 is 0 Å². The van der Waals surface area contributed by atoms with E-state index < -0.39 is 0 Å². The number of fused-ring (bicyclic) bond motifs is 1. The van der Waals surface area contributed by atoms with Gasteiger partial charge in [0.1, 0.15) is 5.52 Å². The van der Waals surface area contributed by atoms with Gasteiger partial charge < -0.3 is 0 Å². The van der Waals surface area contributed by atoms with Gasteiger partial charge in [0.05, 0.1) is 9.60 Å². The lowest BCUT2D eigenvalue weighted by Crippen LogP contribution is -1.69. The van der Waals surface area contributed by atoms with Crippen molar-refractivity contribution >= 4 is 34.4 Å². The van der Waals surface area contributed by atoms with Crippen LogP contribution in [0, 0.1) is 0 Å². The molecule has 0 N–H and O–H groups in total. The largest absolute Gasteiger partial charge is 0.136 e. The van der Waals surface area contributed by atoms with Crippen LogP contribution < -0.4 is 0 Å². The Kier molecular flexibility index (Phi) is 1.28. The van der Waals surface area contributed by atoms with Gasteiger partial charge in [-0.15, -0.1) is 5.10 Å². The van der Waals surface area contributed by atoms with E-state index in [4.69, 9.17) is 12.6 Å². The summed E-state index contributed by atoms with van der Waals surface area (Å²) in [6.45, 7) is 0. The SMILES string of the molecule is [S]c1cccc2snnc12. The maximum Gasteiger partial charge on any atom is 0.123 e. The monoisotopic (exact) mass is 167 g/mol. The van der Waals surface area contributed by atoms with E-state index in [1.54, 1.807) is 0 Å². The van der Waals surface area contributed by atoms with E-state index in [-0.39, 0.29) is 0 Å². The Morgan fingerprint density at radius 2 is 2.30 bits per heavy atom. The third kappa shape index (κ3) is 0.767. The van der Waals surface area contributed by atoms with Gasteiger partial charge in [-0.1, -0.05) is 23.2 Å². The van der Waals surface area contributed by atoms with Crippen molar-refractivity contribution in [2.24, 2.45) is 0 Å². The second kappa shape index (κ2) is 2.14. The van der Waals surface area contributed by atoms with Gasteiger partial charge in [-0.3, -0.25) is 0 Å². The molecule has 0 spiro atoms. The minimum atomic E-state index is 0.784. The molecule has 0 unspecified atom stereocenters. The Balaban J connectivity index is 2.95. The Labute approximate surface area is 67.5 Å². The Morgan fingerprint density at radius 1 is 1.40 bits per heavy atom. The second-order valence-electron chi connectivity index (χ2n) is 1.88. The summed E-state index contributed by atoms with van der Waals surface area (Å²) in [6.07, 6.45) is 0. The summed E-state index contributed by atoms with van der Waals surface area (Å²) in [5.74, 6) is 0. The van der Waals surface area contributed by atoms with Crippen molar-refractivity contribution in [1.82, 2.24) is 9.59 Å². The molecule has 0 bridgehead atoms. The van der Waals surface area contributed by atoms with E-state index in [2.05, 4.69) is 9.59 Å². The first kappa shape index (κ1) is 6.00. The van der Waals surface area contributed by atoms with Gasteiger partial charge in [0.2, 0.25) is 0 Å². The Bertz CT molecular complexity index is 355. The van der Waals surface area contributed by atoms with Crippen molar-refractivity contribution in [3.63, 3.8) is 0 Å². The molecule has 1 aromatic heterocycles. The molecule has 0 atom stereocenters. The average Bonchev–Trinajstić information content (AvgIpc) is 2.36. The van der Waals surface area contributed by atoms with Gasteiger partial charge in [0, 0.05) is 0 Å². The highest BCUT2D eigenvalue weighted by atomic mass is 32.1. The third-order valence-electron chi connectivity index (χ3n) is 1.24. The summed E-state index contributed by atoms with van der Waals surface area (Å²) in [5, 5.41) is 3.88. The minimum Gasteiger partial charge on any atom is -0.136 e. The number of nitrogens with zero attached hydrogens (tertiary/aromatic N) is 2. The number of hydrogen-bond donors (Lipinski definition) is 0. The van der Waals surface area contributed by atoms with Gasteiger partial charge in [0.25, 0.3) is 0 Å². The molecule has 0 saturated carbocycles. The molecule has 2 nitrogen and oxygen atoms in total. The van der Waals surface area contributed by atoms with Crippen LogP contribution in [0.15, 0.2) is 23.1 Å². The van der Waals surface area contributed by atoms with Crippen molar-refractivity contribution in [3.05, 3.63) is 18.2 Å². The van der Waals surface area contributed by atoms with Gasteiger partial charge in [-0.05, 0) is 23.7 Å². The zero-order chi connectivity index (χ0) is 6.97. The molecule has 2 aromatic rings. The fourth-order valence-electron chi connectivity index (χ4n) is 0.780. The quantitative estimate of drug-likeness (QED) is 0.601. The van der Waals surface area contributed by atoms with Crippen molar-refractivity contribution in [1.29, 1.82) is 0 Å². The van der Waals surface area contributed by atoms with Crippen LogP contribution >= 0.6 is 24.2 Å². The minimum absolute atomic E-state index is 0.784. The molecule has 1 heterocycles. The fraction of sp³-hybridized carbons (Fsp3) is 0. The number of hydrogen-bond acceptors (Lipinski definition) is 3. The smallest absolute Gasteiger partial charge is 0.123 e. The van der Waals surface area contributed by atoms with Crippen LogP contribution in [0.1, 0.15) is 0 Å². The van der Waals surface area contributed by atoms with Crippen molar-refractivity contribution < 1.29 is 0 Å². The predicted octanol–water partition coefficient (Wildman–Crippen LogP) is 2.25. The Hall–Kier alpha value is -0.740. The van der Waals surface area contributed by atoms with Crippen LogP contribution in [0.5, 0.6) is 0 Å². The molecule has 0 fully saturated rings. The average molecular weight is 167 g/mol. The highest BCUT2D eigenvalue weighted by molar-refractivity contribution is 7.80. The number of aromatic nitrogens is 2. The van der Waals surface area contributed by atoms with Crippen LogP contribution in [-0.4, -0.2) is 9.59 Å². The summed E-state index contributed by atoms with van der Waals surface area (Å²) in [6, 6.07) is 5.75. The van der Waals surface area contributed by atoms with Crippen LogP contribution in [0.2, 0.25) is 0 Å². The molecule has 0 aliphatic carbocycles. The lowest BCUT2D eigenvalue weighted by molar-refractivity contribution is 1.18. The van der Waals surface area contributed by atoms with Crippen LogP contribution in [0.25, 0.3) is 10.2 Å². The number of rotatable bonds is 0. The van der Waals surface area contributed by atoms with Gasteiger partial charge in [-0.25, -0.2) is 0 Å². The first-order valence-electron chi connectivity index (χ1n) is 2.76. The van der Waals surface area contributed by atoms with E-state index in [9.17, 15) is 0 Å². The molecule has 10 heavy (non-hydrogen) atoms. The molecule has 0 saturated heterocycles. The van der Waals surface area contributed by atoms with Crippen LogP contribution in [0.4, 0.5) is 0 Å². The lowest BCUT2D eigenvalue weighted by atomic mass is 10.3. The second-order valence-corrected chi connectivity index (χ2v) is 3.10. The first-order chi connectivity index (χ1) is 4.88. The maximum absolute atomic E-state index is 5.01. The normalized spacial score (nSPS) is 10.4. The molecule has 1 aromatic carbocycles. The first-order valence-corrected chi connectivity index (χ1v) is 3.94. The standard InChI is InChI=1S/C6H3N2S2/c9-4-2-1-3-5-6(4)7-8-10-5/h1-3H. The lowest BCUT2D eigenvalue weighted by Gasteiger charge is -1.86. The third-order valence-corrected chi connectivity index (χ3v) is 2.26. The highest BCUT2D eigenvalue weighted by Gasteiger charge is 1.99. The predicted molar refractivity (Wildman–Crippen MR) is 43.3 cm³/mol. The molecular weight excluding hydrogens is 164 g/mol. The summed E-state index contributed by atoms with van der Waals surface area (Å²) < 4.78 is 4.85. The topological polar surface area (TPSA) is 25.8 Å². The zero-order valence-electron chi connectivity index (χ0n) is 4.94. The van der Waals surface area contributed by atoms with E-state index in [1.165, 1.54) is 11.5 Å². The zero-order valence-corrected chi connectivity index (χ0v) is 6.58. The van der Waals surface area contributed by atoms with E-state index in [0.717, 1.165) is 15.1 Å². The van der Waals surface area contributed by atoms with Crippen molar-refractivity contribution in [2.75, 3.05) is 0 Å². The molecule has 0 aliphatic rings. The van der Waals surface area contributed by atoms with Crippen molar-refractivity contribution in [3.8, 4) is 0 Å². The van der Waals surface area contributed by atoms with Crippen LogP contribution in [-0.2, 0) is 0 Å². The van der Waals surface area contributed by atoms with E-state index in [1.807, 2.05) is 18.2 Å². The van der Waals surface area contributed by atoms with Gasteiger partial charge in [-0.2, -0.15) is 0 Å².